The number of ether oxygens (including phenoxy) is 1. The summed E-state index contributed by atoms with van der Waals surface area (Å²) in [4.78, 5) is 17.2. The Kier molecular flexibility index (Phi) is 7.32. The summed E-state index contributed by atoms with van der Waals surface area (Å²) in [6.45, 7) is 2.41. The van der Waals surface area contributed by atoms with Crippen molar-refractivity contribution < 1.29 is 9.53 Å². The zero-order valence-electron chi connectivity index (χ0n) is 18.3. The van der Waals surface area contributed by atoms with Crippen LogP contribution in [0, 0.1) is 0 Å². The highest BCUT2D eigenvalue weighted by atomic mass is 35.5. The minimum Gasteiger partial charge on any atom is -0.497 e. The summed E-state index contributed by atoms with van der Waals surface area (Å²) in [5.41, 5.74) is 7.06. The molecule has 0 atom stereocenters. The van der Waals surface area contributed by atoms with Crippen molar-refractivity contribution in [1.82, 2.24) is 15.0 Å². The van der Waals surface area contributed by atoms with E-state index in [9.17, 15) is 4.79 Å². The van der Waals surface area contributed by atoms with Gasteiger partial charge in [-0.1, -0.05) is 65.8 Å². The van der Waals surface area contributed by atoms with E-state index in [1.165, 1.54) is 11.8 Å². The lowest BCUT2D eigenvalue weighted by molar-refractivity contribution is -0.118. The number of aromatic nitrogens is 2. The maximum Gasteiger partial charge on any atom is 0.250 e. The van der Waals surface area contributed by atoms with Gasteiger partial charge in [0.25, 0.3) is 5.91 Å². The van der Waals surface area contributed by atoms with Crippen molar-refractivity contribution in [1.29, 1.82) is 0 Å². The molecule has 168 valence electrons. The average Bonchev–Trinajstić information content (AvgIpc) is 3.20. The lowest BCUT2D eigenvalue weighted by atomic mass is 10.1. The maximum atomic E-state index is 12.5. The summed E-state index contributed by atoms with van der Waals surface area (Å²) in [5, 5.41) is 5.68. The van der Waals surface area contributed by atoms with Gasteiger partial charge in [0.15, 0.2) is 5.16 Å². The number of hydrogen-bond acceptors (Lipinski definition) is 5. The van der Waals surface area contributed by atoms with E-state index in [1.54, 1.807) is 7.11 Å². The van der Waals surface area contributed by atoms with Crippen molar-refractivity contribution in [2.75, 3.05) is 12.9 Å². The first-order chi connectivity index (χ1) is 16.0. The Bertz CT molecular complexity index is 1320. The molecular formula is C25H23ClN4O2S. The molecule has 1 heterocycles. The van der Waals surface area contributed by atoms with Crippen LogP contribution in [0.5, 0.6) is 5.75 Å². The van der Waals surface area contributed by atoms with E-state index < -0.39 is 0 Å². The summed E-state index contributed by atoms with van der Waals surface area (Å²) < 4.78 is 7.32. The van der Waals surface area contributed by atoms with Gasteiger partial charge in [0.1, 0.15) is 5.75 Å². The normalized spacial score (nSPS) is 11.5. The average molecular weight is 479 g/mol. The predicted octanol–water partition coefficient (Wildman–Crippen LogP) is 5.38. The zero-order chi connectivity index (χ0) is 23.2. The Morgan fingerprint density at radius 3 is 2.73 bits per heavy atom. The number of carbonyl (C=O) groups is 1. The van der Waals surface area contributed by atoms with Crippen LogP contribution in [0.3, 0.4) is 0 Å². The van der Waals surface area contributed by atoms with Gasteiger partial charge >= 0.3 is 0 Å². The fourth-order valence-corrected chi connectivity index (χ4v) is 4.34. The molecule has 1 aromatic heterocycles. The van der Waals surface area contributed by atoms with E-state index in [-0.39, 0.29) is 11.7 Å². The van der Waals surface area contributed by atoms with Gasteiger partial charge in [-0.05, 0) is 42.8 Å². The molecule has 0 aliphatic carbocycles. The smallest absolute Gasteiger partial charge is 0.250 e. The van der Waals surface area contributed by atoms with Crippen LogP contribution >= 0.6 is 23.4 Å². The largest absolute Gasteiger partial charge is 0.497 e. The lowest BCUT2D eigenvalue weighted by Crippen LogP contribution is -2.21. The lowest BCUT2D eigenvalue weighted by Gasteiger charge is -2.10. The molecule has 0 radical (unpaired) electrons. The third kappa shape index (κ3) is 5.56. The fraction of sp³-hybridized carbons (Fsp3) is 0.160. The highest BCUT2D eigenvalue weighted by molar-refractivity contribution is 7.99. The van der Waals surface area contributed by atoms with Crippen LogP contribution in [0.1, 0.15) is 18.1 Å². The van der Waals surface area contributed by atoms with Gasteiger partial charge in [0, 0.05) is 10.6 Å². The number of halogens is 1. The molecule has 0 unspecified atom stereocenters. The van der Waals surface area contributed by atoms with E-state index in [1.807, 2.05) is 79.7 Å². The molecule has 4 rings (SSSR count). The Labute approximate surface area is 201 Å². The van der Waals surface area contributed by atoms with E-state index in [0.29, 0.717) is 17.3 Å². The van der Waals surface area contributed by atoms with Gasteiger partial charge in [-0.2, -0.15) is 5.10 Å². The van der Waals surface area contributed by atoms with E-state index in [0.717, 1.165) is 33.1 Å². The molecule has 8 heteroatoms. The Hall–Kier alpha value is -3.29. The number of hydrogen-bond donors (Lipinski definition) is 1. The number of nitrogens with zero attached hydrogens (tertiary/aromatic N) is 3. The molecule has 0 spiro atoms. The van der Waals surface area contributed by atoms with Crippen molar-refractivity contribution in [2.45, 2.75) is 18.6 Å². The van der Waals surface area contributed by atoms with Crippen molar-refractivity contribution >= 4 is 46.0 Å². The number of amides is 1. The number of methoxy groups -OCH3 is 1. The molecule has 0 aliphatic rings. The minimum absolute atomic E-state index is 0.181. The first-order valence-electron chi connectivity index (χ1n) is 10.3. The third-order valence-corrected chi connectivity index (χ3v) is 6.42. The number of rotatable bonds is 8. The van der Waals surface area contributed by atoms with E-state index in [2.05, 4.69) is 15.1 Å². The SMILES string of the molecule is COc1cccc(/C(C)=N/NC(=O)CSc2nc3ccccc3n2Cc2ccccc2Cl)c1. The number of benzene rings is 3. The quantitative estimate of drug-likeness (QED) is 0.210. The molecule has 0 bridgehead atoms. The highest BCUT2D eigenvalue weighted by Crippen LogP contribution is 2.27. The van der Waals surface area contributed by atoms with Crippen LogP contribution in [-0.4, -0.2) is 34.0 Å². The van der Waals surface area contributed by atoms with Gasteiger partial charge in [-0.15, -0.1) is 0 Å². The first kappa shape index (κ1) is 22.9. The molecule has 1 N–H and O–H groups in total. The van der Waals surface area contributed by atoms with Crippen LogP contribution in [-0.2, 0) is 11.3 Å². The number of carbonyl (C=O) groups excluding carboxylic acids is 1. The van der Waals surface area contributed by atoms with Crippen LogP contribution in [0.15, 0.2) is 83.1 Å². The number of thioether (sulfide) groups is 1. The second-order valence-corrected chi connectivity index (χ2v) is 8.66. The highest BCUT2D eigenvalue weighted by Gasteiger charge is 2.14. The second-order valence-electron chi connectivity index (χ2n) is 7.31. The van der Waals surface area contributed by atoms with Crippen LogP contribution < -0.4 is 10.2 Å². The number of imidazole rings is 1. The molecule has 0 saturated heterocycles. The molecule has 0 aliphatic heterocycles. The van der Waals surface area contributed by atoms with Crippen LogP contribution in [0.25, 0.3) is 11.0 Å². The zero-order valence-corrected chi connectivity index (χ0v) is 19.9. The molecule has 4 aromatic rings. The van der Waals surface area contributed by atoms with Crippen LogP contribution in [0.2, 0.25) is 5.02 Å². The maximum absolute atomic E-state index is 12.5. The number of fused-ring (bicyclic) bond motifs is 1. The van der Waals surface area contributed by atoms with E-state index in [4.69, 9.17) is 21.3 Å². The summed E-state index contributed by atoms with van der Waals surface area (Å²) in [6, 6.07) is 23.2. The molecule has 3 aromatic carbocycles. The van der Waals surface area contributed by atoms with Crippen molar-refractivity contribution in [3.05, 3.63) is 88.9 Å². The number of hydrazone groups is 1. The van der Waals surface area contributed by atoms with Gasteiger partial charge < -0.3 is 9.30 Å². The van der Waals surface area contributed by atoms with Crippen molar-refractivity contribution in [3.63, 3.8) is 0 Å². The fourth-order valence-electron chi connectivity index (χ4n) is 3.33. The second kappa shape index (κ2) is 10.6. The molecule has 0 saturated carbocycles. The summed E-state index contributed by atoms with van der Waals surface area (Å²) in [6.07, 6.45) is 0. The predicted molar refractivity (Wildman–Crippen MR) is 134 cm³/mol. The van der Waals surface area contributed by atoms with Crippen LogP contribution in [0.4, 0.5) is 0 Å². The van der Waals surface area contributed by atoms with Gasteiger partial charge in [-0.3, -0.25) is 4.79 Å². The number of para-hydroxylation sites is 2. The van der Waals surface area contributed by atoms with Gasteiger partial charge in [0.2, 0.25) is 0 Å². The van der Waals surface area contributed by atoms with Crippen molar-refractivity contribution in [2.24, 2.45) is 5.10 Å². The molecule has 1 amide bonds. The Morgan fingerprint density at radius 1 is 1.12 bits per heavy atom. The van der Waals surface area contributed by atoms with Gasteiger partial charge in [-0.25, -0.2) is 10.4 Å². The molecular weight excluding hydrogens is 456 g/mol. The topological polar surface area (TPSA) is 68.5 Å². The van der Waals surface area contributed by atoms with Crippen molar-refractivity contribution in [3.8, 4) is 5.75 Å². The monoisotopic (exact) mass is 478 g/mol. The molecule has 6 nitrogen and oxygen atoms in total. The summed E-state index contributed by atoms with van der Waals surface area (Å²) in [7, 11) is 1.61. The Morgan fingerprint density at radius 2 is 1.91 bits per heavy atom. The number of nitrogens with one attached hydrogen (secondary N) is 1. The van der Waals surface area contributed by atoms with Gasteiger partial charge in [0.05, 0.1) is 36.2 Å². The molecule has 33 heavy (non-hydrogen) atoms. The molecule has 0 fully saturated rings. The minimum atomic E-state index is -0.210. The summed E-state index contributed by atoms with van der Waals surface area (Å²) in [5.74, 6) is 0.709. The van der Waals surface area contributed by atoms with E-state index >= 15 is 0 Å². The third-order valence-electron chi connectivity index (χ3n) is 5.07. The standard InChI is InChI=1S/C25H23ClN4O2S/c1-17(18-9-7-10-20(14-18)32-2)28-29-24(31)16-33-25-27-22-12-5-6-13-23(22)30(25)15-19-8-3-4-11-21(19)26/h3-14H,15-16H2,1-2H3,(H,29,31)/b28-17+. The summed E-state index contributed by atoms with van der Waals surface area (Å²) >= 11 is 7.75. The Balaban J connectivity index is 1.47. The first-order valence-corrected chi connectivity index (χ1v) is 11.7.